The Kier molecular flexibility index (Phi) is 6.84. The fraction of sp³-hybridized carbons (Fsp3) is 0.667. The molecule has 0 amide bonds. The molecule has 0 aliphatic rings. The number of hydrogen-bond acceptors (Lipinski definition) is 0. The lowest BCUT2D eigenvalue weighted by molar-refractivity contribution is 0.663. The van der Waals surface area contributed by atoms with E-state index in [-0.39, 0.29) is 0 Å². The molecule has 0 heteroatoms. The average Bonchev–Trinajstić information content (AvgIpc) is 2.02. The van der Waals surface area contributed by atoms with Crippen LogP contribution in [0.3, 0.4) is 0 Å². The summed E-state index contributed by atoms with van der Waals surface area (Å²) in [5, 5.41) is 0. The van der Waals surface area contributed by atoms with E-state index in [4.69, 9.17) is 0 Å². The Hall–Kier alpha value is -0.520. The molecule has 0 aromatic rings. The molecule has 0 aliphatic heterocycles. The summed E-state index contributed by atoms with van der Waals surface area (Å²) in [7, 11) is 0. The van der Waals surface area contributed by atoms with Gasteiger partial charge in [0.1, 0.15) is 0 Å². The van der Waals surface area contributed by atoms with Crippen molar-refractivity contribution < 1.29 is 0 Å². The van der Waals surface area contributed by atoms with Crippen LogP contribution in [0.2, 0.25) is 0 Å². The Morgan fingerprint density at radius 1 is 1.25 bits per heavy atom. The quantitative estimate of drug-likeness (QED) is 0.533. The highest BCUT2D eigenvalue weighted by Gasteiger charge is 1.89. The van der Waals surface area contributed by atoms with E-state index in [0.717, 1.165) is 18.8 Å². The first-order valence-corrected chi connectivity index (χ1v) is 5.06. The third-order valence-electron chi connectivity index (χ3n) is 1.81. The number of allylic oxidation sites excluding steroid dienone is 4. The van der Waals surface area contributed by atoms with Crippen molar-refractivity contribution in [3.8, 4) is 0 Å². The second-order valence-electron chi connectivity index (χ2n) is 3.57. The maximum absolute atomic E-state index is 2.30. The van der Waals surface area contributed by atoms with Crippen molar-refractivity contribution in [3.05, 3.63) is 23.8 Å². The molecular formula is C12H22. The first-order valence-electron chi connectivity index (χ1n) is 5.06. The molecule has 12 heavy (non-hydrogen) atoms. The molecule has 0 aromatic carbocycles. The molecular weight excluding hydrogens is 144 g/mol. The van der Waals surface area contributed by atoms with E-state index < -0.39 is 0 Å². The van der Waals surface area contributed by atoms with Gasteiger partial charge < -0.3 is 0 Å². The zero-order valence-electron chi connectivity index (χ0n) is 8.93. The van der Waals surface area contributed by atoms with Gasteiger partial charge in [-0.1, -0.05) is 51.5 Å². The Morgan fingerprint density at radius 2 is 1.92 bits per heavy atom. The summed E-state index contributed by atoms with van der Waals surface area (Å²) in [6.45, 7) is 8.89. The molecule has 0 bridgehead atoms. The summed E-state index contributed by atoms with van der Waals surface area (Å²) < 4.78 is 0. The molecule has 0 fully saturated rings. The van der Waals surface area contributed by atoms with Crippen molar-refractivity contribution in [2.45, 2.75) is 47.0 Å². The van der Waals surface area contributed by atoms with Crippen LogP contribution in [-0.4, -0.2) is 0 Å². The van der Waals surface area contributed by atoms with Crippen molar-refractivity contribution in [2.75, 3.05) is 0 Å². The van der Waals surface area contributed by atoms with Gasteiger partial charge in [0.25, 0.3) is 0 Å². The molecule has 0 radical (unpaired) electrons. The summed E-state index contributed by atoms with van der Waals surface area (Å²) in [4.78, 5) is 0. The lowest BCUT2D eigenvalue weighted by atomic mass is 10.1. The van der Waals surface area contributed by atoms with Crippen LogP contribution in [0.1, 0.15) is 47.0 Å². The average molecular weight is 166 g/mol. The highest BCUT2D eigenvalue weighted by molar-refractivity contribution is 5.17. The lowest BCUT2D eigenvalue weighted by Gasteiger charge is -1.98. The Labute approximate surface area is 77.4 Å². The van der Waals surface area contributed by atoms with E-state index in [0.29, 0.717) is 0 Å². The van der Waals surface area contributed by atoms with Gasteiger partial charge in [0.2, 0.25) is 0 Å². The number of rotatable bonds is 5. The third kappa shape index (κ3) is 6.21. The Morgan fingerprint density at radius 3 is 2.33 bits per heavy atom. The van der Waals surface area contributed by atoms with Gasteiger partial charge in [-0.05, 0) is 25.2 Å². The predicted molar refractivity (Wildman–Crippen MR) is 57.3 cm³/mol. The minimum Gasteiger partial charge on any atom is -0.0840 e. The van der Waals surface area contributed by atoms with Gasteiger partial charge >= 0.3 is 0 Å². The molecule has 0 rings (SSSR count). The first-order chi connectivity index (χ1) is 5.70. The summed E-state index contributed by atoms with van der Waals surface area (Å²) in [5.74, 6) is 0.779. The molecule has 0 saturated carbocycles. The van der Waals surface area contributed by atoms with Crippen LogP contribution >= 0.6 is 0 Å². The Balaban J connectivity index is 3.85. The fourth-order valence-electron chi connectivity index (χ4n) is 1.08. The normalized spacial score (nSPS) is 13.2. The monoisotopic (exact) mass is 166 g/mol. The molecule has 0 atom stereocenters. The lowest BCUT2D eigenvalue weighted by Crippen LogP contribution is -1.82. The standard InChI is InChI=1S/C12H22/c1-5-8-12(6-2)10-7-9-11(3)4/h7-8,10-11H,5-6,9H2,1-4H3/b10-7-,12-8-. The summed E-state index contributed by atoms with van der Waals surface area (Å²) in [6, 6.07) is 0. The maximum atomic E-state index is 2.30. The molecule has 0 saturated heterocycles. The van der Waals surface area contributed by atoms with E-state index in [9.17, 15) is 0 Å². The highest BCUT2D eigenvalue weighted by Crippen LogP contribution is 2.07. The van der Waals surface area contributed by atoms with Gasteiger partial charge in [-0.15, -0.1) is 0 Å². The molecule has 70 valence electrons. The van der Waals surface area contributed by atoms with Gasteiger partial charge in [0.15, 0.2) is 0 Å². The van der Waals surface area contributed by atoms with Crippen LogP contribution in [0, 0.1) is 5.92 Å². The van der Waals surface area contributed by atoms with E-state index >= 15 is 0 Å². The zero-order valence-corrected chi connectivity index (χ0v) is 8.93. The largest absolute Gasteiger partial charge is 0.0840 e. The molecule has 0 N–H and O–H groups in total. The highest BCUT2D eigenvalue weighted by atomic mass is 14.0. The topological polar surface area (TPSA) is 0 Å². The van der Waals surface area contributed by atoms with Gasteiger partial charge in [-0.3, -0.25) is 0 Å². The SMILES string of the molecule is CC/C=C(\C=C/CC(C)C)CC. The molecule has 0 unspecified atom stereocenters. The van der Waals surface area contributed by atoms with Crippen molar-refractivity contribution in [2.24, 2.45) is 5.92 Å². The Bertz CT molecular complexity index is 149. The van der Waals surface area contributed by atoms with Crippen molar-refractivity contribution in [1.82, 2.24) is 0 Å². The van der Waals surface area contributed by atoms with Gasteiger partial charge in [-0.2, -0.15) is 0 Å². The maximum Gasteiger partial charge on any atom is -0.0311 e. The van der Waals surface area contributed by atoms with Crippen LogP contribution in [0.4, 0.5) is 0 Å². The van der Waals surface area contributed by atoms with Crippen LogP contribution in [0.15, 0.2) is 23.8 Å². The molecule has 0 aliphatic carbocycles. The minimum absolute atomic E-state index is 0.779. The van der Waals surface area contributed by atoms with E-state index in [2.05, 4.69) is 45.9 Å². The van der Waals surface area contributed by atoms with Crippen molar-refractivity contribution >= 4 is 0 Å². The van der Waals surface area contributed by atoms with E-state index in [1.165, 1.54) is 12.0 Å². The van der Waals surface area contributed by atoms with E-state index in [1.807, 2.05) is 0 Å². The molecule has 0 spiro atoms. The fourth-order valence-corrected chi connectivity index (χ4v) is 1.08. The van der Waals surface area contributed by atoms with Gasteiger partial charge in [0.05, 0.1) is 0 Å². The van der Waals surface area contributed by atoms with Crippen LogP contribution in [0.25, 0.3) is 0 Å². The predicted octanol–water partition coefficient (Wildman–Crippen LogP) is 4.34. The number of hydrogen-bond donors (Lipinski definition) is 0. The summed E-state index contributed by atoms with van der Waals surface area (Å²) in [6.07, 6.45) is 10.4. The molecule has 0 nitrogen and oxygen atoms in total. The second kappa shape index (κ2) is 7.15. The smallest absolute Gasteiger partial charge is 0.0311 e. The van der Waals surface area contributed by atoms with Crippen molar-refractivity contribution in [1.29, 1.82) is 0 Å². The molecule has 0 aromatic heterocycles. The zero-order chi connectivity index (χ0) is 9.40. The first kappa shape index (κ1) is 11.5. The summed E-state index contributed by atoms with van der Waals surface area (Å²) in [5.41, 5.74) is 1.47. The molecule has 0 heterocycles. The summed E-state index contributed by atoms with van der Waals surface area (Å²) >= 11 is 0. The van der Waals surface area contributed by atoms with Crippen LogP contribution < -0.4 is 0 Å². The van der Waals surface area contributed by atoms with Gasteiger partial charge in [0, 0.05) is 0 Å². The second-order valence-corrected chi connectivity index (χ2v) is 3.57. The van der Waals surface area contributed by atoms with Crippen LogP contribution in [-0.2, 0) is 0 Å². The van der Waals surface area contributed by atoms with Crippen LogP contribution in [0.5, 0.6) is 0 Å². The van der Waals surface area contributed by atoms with E-state index in [1.54, 1.807) is 0 Å². The minimum atomic E-state index is 0.779. The third-order valence-corrected chi connectivity index (χ3v) is 1.81. The van der Waals surface area contributed by atoms with Gasteiger partial charge in [-0.25, -0.2) is 0 Å². The van der Waals surface area contributed by atoms with Crippen molar-refractivity contribution in [3.63, 3.8) is 0 Å².